The number of carbonyl (C=O) groups excluding carboxylic acids is 4. The van der Waals surface area contributed by atoms with E-state index < -0.39 is 18.2 Å². The number of methoxy groups -OCH3 is 1. The molecule has 8 nitrogen and oxygen atoms in total. The highest BCUT2D eigenvalue weighted by Gasteiger charge is 2.31. The molecule has 0 saturated carbocycles. The molecule has 8 heteroatoms. The molecule has 36 heavy (non-hydrogen) atoms. The number of ketones is 3. The first-order valence-electron chi connectivity index (χ1n) is 12.1. The fraction of sp³-hybridized carbons (Fsp3) is 0.429. The fourth-order valence-corrected chi connectivity index (χ4v) is 3.79. The number of carbonyl (C=O) groups is 4. The van der Waals surface area contributed by atoms with Crippen molar-refractivity contribution >= 4 is 23.3 Å². The van der Waals surface area contributed by atoms with Gasteiger partial charge in [-0.1, -0.05) is 6.42 Å². The van der Waals surface area contributed by atoms with E-state index in [-0.39, 0.29) is 45.4 Å². The summed E-state index contributed by atoms with van der Waals surface area (Å²) in [6, 6.07) is 9.09. The minimum atomic E-state index is -0.874. The Morgan fingerprint density at radius 1 is 0.722 bits per heavy atom. The zero-order valence-electron chi connectivity index (χ0n) is 21.1. The van der Waals surface area contributed by atoms with Crippen LogP contribution in [0.25, 0.3) is 0 Å². The summed E-state index contributed by atoms with van der Waals surface area (Å²) in [5, 5.41) is 0. The number of esters is 1. The van der Waals surface area contributed by atoms with E-state index in [1.54, 1.807) is 33.1 Å². The Kier molecular flexibility index (Phi) is 9.36. The number of rotatable bonds is 13. The average molecular weight is 497 g/mol. The third-order valence-electron chi connectivity index (χ3n) is 5.98. The van der Waals surface area contributed by atoms with Crippen molar-refractivity contribution in [1.82, 2.24) is 0 Å². The quantitative estimate of drug-likeness (QED) is 0.254. The summed E-state index contributed by atoms with van der Waals surface area (Å²) in [5.74, 6) is -0.681. The summed E-state index contributed by atoms with van der Waals surface area (Å²) in [4.78, 5) is 50.0. The fourth-order valence-electron chi connectivity index (χ4n) is 3.79. The summed E-state index contributed by atoms with van der Waals surface area (Å²) in [5.41, 5.74) is 0.895. The molecule has 0 N–H and O–H groups in total. The Labute approximate surface area is 210 Å². The van der Waals surface area contributed by atoms with Gasteiger partial charge in [-0.05, 0) is 76.4 Å². The minimum Gasteiger partial charge on any atom is -0.483 e. The van der Waals surface area contributed by atoms with Crippen LogP contribution in [0.1, 0.15) is 78.3 Å². The average Bonchev–Trinajstić information content (AvgIpc) is 2.86. The third kappa shape index (κ3) is 6.57. The van der Waals surface area contributed by atoms with Gasteiger partial charge in [0.2, 0.25) is 0 Å². The summed E-state index contributed by atoms with van der Waals surface area (Å²) >= 11 is 0. The molecule has 0 radical (unpaired) electrons. The van der Waals surface area contributed by atoms with Gasteiger partial charge in [-0.3, -0.25) is 14.4 Å². The SMILES string of the molecule is COCCCCCCOC(=O)C(C)Oc1ccc2c(c1)C(=O)c1ccc(OC(C)C(C)=O)cc1C2=O. The van der Waals surface area contributed by atoms with Gasteiger partial charge in [0.1, 0.15) is 11.5 Å². The summed E-state index contributed by atoms with van der Waals surface area (Å²) in [7, 11) is 1.67. The predicted octanol–water partition coefficient (Wildman–Crippen LogP) is 4.34. The zero-order valence-corrected chi connectivity index (χ0v) is 21.1. The Morgan fingerprint density at radius 3 is 1.72 bits per heavy atom. The monoisotopic (exact) mass is 496 g/mol. The van der Waals surface area contributed by atoms with Crippen molar-refractivity contribution in [3.05, 3.63) is 58.7 Å². The molecule has 0 bridgehead atoms. The second-order valence-corrected chi connectivity index (χ2v) is 8.78. The predicted molar refractivity (Wildman–Crippen MR) is 132 cm³/mol. The van der Waals surface area contributed by atoms with Crippen LogP contribution in [0, 0.1) is 0 Å². The Hall–Kier alpha value is -3.52. The second-order valence-electron chi connectivity index (χ2n) is 8.78. The molecule has 0 aromatic heterocycles. The van der Waals surface area contributed by atoms with Gasteiger partial charge in [0.25, 0.3) is 0 Å². The standard InChI is InChI=1S/C28H32O8/c1-17(29)18(2)35-20-9-11-22-24(15-20)26(30)23-12-10-21(16-25(23)27(22)31)36-19(3)28(32)34-14-8-6-5-7-13-33-4/h9-12,15-16,18-19H,5-8,13-14H2,1-4H3. The van der Waals surface area contributed by atoms with E-state index in [1.807, 2.05) is 0 Å². The van der Waals surface area contributed by atoms with Gasteiger partial charge in [0.05, 0.1) is 6.61 Å². The van der Waals surface area contributed by atoms with Gasteiger partial charge < -0.3 is 18.9 Å². The van der Waals surface area contributed by atoms with Crippen LogP contribution in [0.3, 0.4) is 0 Å². The van der Waals surface area contributed by atoms with Crippen LogP contribution in [0.15, 0.2) is 36.4 Å². The Morgan fingerprint density at radius 2 is 1.22 bits per heavy atom. The number of hydrogen-bond donors (Lipinski definition) is 0. The topological polar surface area (TPSA) is 105 Å². The highest BCUT2D eigenvalue weighted by Crippen LogP contribution is 2.32. The molecule has 192 valence electrons. The molecule has 0 heterocycles. The van der Waals surface area contributed by atoms with E-state index in [9.17, 15) is 19.2 Å². The van der Waals surface area contributed by atoms with Crippen LogP contribution < -0.4 is 9.47 Å². The van der Waals surface area contributed by atoms with E-state index in [0.717, 1.165) is 32.3 Å². The highest BCUT2D eigenvalue weighted by molar-refractivity contribution is 6.28. The van der Waals surface area contributed by atoms with E-state index in [2.05, 4.69) is 0 Å². The van der Waals surface area contributed by atoms with Gasteiger partial charge in [0.15, 0.2) is 29.6 Å². The van der Waals surface area contributed by atoms with E-state index in [1.165, 1.54) is 31.2 Å². The first kappa shape index (κ1) is 27.1. The maximum Gasteiger partial charge on any atom is 0.347 e. The number of benzene rings is 2. The first-order valence-corrected chi connectivity index (χ1v) is 12.1. The number of hydrogen-bond acceptors (Lipinski definition) is 8. The molecule has 0 saturated heterocycles. The number of fused-ring (bicyclic) bond motifs is 2. The lowest BCUT2D eigenvalue weighted by molar-refractivity contribution is -0.151. The van der Waals surface area contributed by atoms with Gasteiger partial charge in [-0.15, -0.1) is 0 Å². The van der Waals surface area contributed by atoms with Crippen molar-refractivity contribution in [3.63, 3.8) is 0 Å². The van der Waals surface area contributed by atoms with E-state index in [0.29, 0.717) is 12.4 Å². The molecule has 1 aliphatic rings. The van der Waals surface area contributed by atoms with Crippen LogP contribution in [-0.4, -0.2) is 55.9 Å². The molecule has 0 spiro atoms. The first-order chi connectivity index (χ1) is 17.2. The maximum atomic E-state index is 13.1. The maximum absolute atomic E-state index is 13.1. The van der Waals surface area contributed by atoms with E-state index >= 15 is 0 Å². The smallest absolute Gasteiger partial charge is 0.347 e. The largest absolute Gasteiger partial charge is 0.483 e. The molecule has 0 fully saturated rings. The molecule has 3 rings (SSSR count). The molecule has 1 aliphatic carbocycles. The summed E-state index contributed by atoms with van der Waals surface area (Å²) in [6.45, 7) is 5.64. The number of Topliss-reactive ketones (excluding diaryl/α,β-unsaturated/α-hetero) is 1. The zero-order chi connectivity index (χ0) is 26.2. The number of ether oxygens (including phenoxy) is 4. The van der Waals surface area contributed by atoms with Gasteiger partial charge in [-0.25, -0.2) is 4.79 Å². The third-order valence-corrected chi connectivity index (χ3v) is 5.98. The second kappa shape index (κ2) is 12.4. The Bertz CT molecular complexity index is 1140. The van der Waals surface area contributed by atoms with Crippen molar-refractivity contribution < 1.29 is 38.1 Å². The molecular weight excluding hydrogens is 464 g/mol. The van der Waals surface area contributed by atoms with Crippen LogP contribution in [-0.2, 0) is 19.1 Å². The van der Waals surface area contributed by atoms with Gasteiger partial charge in [-0.2, -0.15) is 0 Å². The minimum absolute atomic E-state index is 0.149. The lowest BCUT2D eigenvalue weighted by Gasteiger charge is -2.21. The lowest BCUT2D eigenvalue weighted by atomic mass is 9.84. The van der Waals surface area contributed by atoms with Crippen LogP contribution in [0.5, 0.6) is 11.5 Å². The van der Waals surface area contributed by atoms with Crippen molar-refractivity contribution in [3.8, 4) is 11.5 Å². The van der Waals surface area contributed by atoms with Crippen molar-refractivity contribution in [2.45, 2.75) is 58.7 Å². The highest BCUT2D eigenvalue weighted by atomic mass is 16.6. The summed E-state index contributed by atoms with van der Waals surface area (Å²) < 4.78 is 21.6. The van der Waals surface area contributed by atoms with Gasteiger partial charge >= 0.3 is 5.97 Å². The normalized spacial score (nSPS) is 13.9. The molecule has 2 atom stereocenters. The van der Waals surface area contributed by atoms with Crippen molar-refractivity contribution in [1.29, 1.82) is 0 Å². The van der Waals surface area contributed by atoms with Crippen LogP contribution in [0.4, 0.5) is 0 Å². The molecular formula is C28H32O8. The van der Waals surface area contributed by atoms with Crippen LogP contribution >= 0.6 is 0 Å². The molecule has 0 amide bonds. The van der Waals surface area contributed by atoms with Gasteiger partial charge in [0, 0.05) is 36.0 Å². The van der Waals surface area contributed by atoms with Crippen molar-refractivity contribution in [2.24, 2.45) is 0 Å². The molecule has 2 aromatic carbocycles. The van der Waals surface area contributed by atoms with Crippen LogP contribution in [0.2, 0.25) is 0 Å². The molecule has 2 aromatic rings. The summed E-state index contributed by atoms with van der Waals surface area (Å²) in [6.07, 6.45) is 2.14. The Balaban J connectivity index is 1.64. The lowest BCUT2D eigenvalue weighted by Crippen LogP contribution is -2.27. The van der Waals surface area contributed by atoms with Crippen molar-refractivity contribution in [2.75, 3.05) is 20.3 Å². The molecule has 2 unspecified atom stereocenters. The number of unbranched alkanes of at least 4 members (excludes halogenated alkanes) is 3. The van der Waals surface area contributed by atoms with E-state index in [4.69, 9.17) is 18.9 Å². The molecule has 0 aliphatic heterocycles.